The van der Waals surface area contributed by atoms with Crippen LogP contribution >= 0.6 is 0 Å². The molecule has 1 aliphatic carbocycles. The monoisotopic (exact) mass is 255 g/mol. The van der Waals surface area contributed by atoms with Gasteiger partial charge in [-0.3, -0.25) is 4.98 Å². The van der Waals surface area contributed by atoms with Gasteiger partial charge in [-0.05, 0) is 37.0 Å². The molecule has 1 saturated carbocycles. The number of nitrogens with one attached hydrogen (secondary N) is 1. The SMILES string of the molecule is Nc1cc(NCCc2ccncc2)nc(C2CC2)n1. The predicted octanol–water partition coefficient (Wildman–Crippen LogP) is 1.99. The lowest BCUT2D eigenvalue weighted by atomic mass is 10.2. The van der Waals surface area contributed by atoms with E-state index in [1.54, 1.807) is 6.07 Å². The van der Waals surface area contributed by atoms with Crippen LogP contribution in [-0.2, 0) is 6.42 Å². The largest absolute Gasteiger partial charge is 0.384 e. The van der Waals surface area contributed by atoms with Crippen LogP contribution in [0.5, 0.6) is 0 Å². The van der Waals surface area contributed by atoms with Gasteiger partial charge in [0.25, 0.3) is 0 Å². The maximum absolute atomic E-state index is 5.81. The van der Waals surface area contributed by atoms with Crippen LogP contribution in [0.15, 0.2) is 30.6 Å². The van der Waals surface area contributed by atoms with Crippen molar-refractivity contribution in [3.8, 4) is 0 Å². The molecule has 2 aromatic rings. The van der Waals surface area contributed by atoms with E-state index in [-0.39, 0.29) is 0 Å². The zero-order chi connectivity index (χ0) is 13.1. The number of nitrogen functional groups attached to an aromatic ring is 1. The molecule has 5 nitrogen and oxygen atoms in total. The first-order valence-corrected chi connectivity index (χ1v) is 6.58. The first kappa shape index (κ1) is 11.9. The van der Waals surface area contributed by atoms with E-state index in [4.69, 9.17) is 5.73 Å². The zero-order valence-electron chi connectivity index (χ0n) is 10.7. The summed E-state index contributed by atoms with van der Waals surface area (Å²) in [5.41, 5.74) is 7.06. The molecule has 1 aliphatic rings. The van der Waals surface area contributed by atoms with Crippen LogP contribution in [0.2, 0.25) is 0 Å². The summed E-state index contributed by atoms with van der Waals surface area (Å²) in [5.74, 6) is 2.77. The van der Waals surface area contributed by atoms with E-state index in [2.05, 4.69) is 20.3 Å². The normalized spacial score (nSPS) is 14.3. The molecular weight excluding hydrogens is 238 g/mol. The van der Waals surface area contributed by atoms with Crippen LogP contribution in [0.25, 0.3) is 0 Å². The average molecular weight is 255 g/mol. The Balaban J connectivity index is 1.60. The van der Waals surface area contributed by atoms with Crippen LogP contribution in [0.1, 0.15) is 30.1 Å². The molecule has 0 aliphatic heterocycles. The zero-order valence-corrected chi connectivity index (χ0v) is 10.7. The number of hydrogen-bond acceptors (Lipinski definition) is 5. The van der Waals surface area contributed by atoms with E-state index in [0.29, 0.717) is 11.7 Å². The summed E-state index contributed by atoms with van der Waals surface area (Å²) in [4.78, 5) is 12.8. The maximum Gasteiger partial charge on any atom is 0.136 e. The van der Waals surface area contributed by atoms with Gasteiger partial charge in [-0.25, -0.2) is 9.97 Å². The Morgan fingerprint density at radius 1 is 1.21 bits per heavy atom. The highest BCUT2D eigenvalue weighted by atomic mass is 15.1. The highest BCUT2D eigenvalue weighted by molar-refractivity contribution is 5.45. The second-order valence-corrected chi connectivity index (χ2v) is 4.84. The summed E-state index contributed by atoms with van der Waals surface area (Å²) >= 11 is 0. The second kappa shape index (κ2) is 5.22. The third-order valence-corrected chi connectivity index (χ3v) is 3.17. The van der Waals surface area contributed by atoms with Gasteiger partial charge in [0.1, 0.15) is 17.5 Å². The second-order valence-electron chi connectivity index (χ2n) is 4.84. The van der Waals surface area contributed by atoms with Crippen molar-refractivity contribution in [3.05, 3.63) is 42.0 Å². The van der Waals surface area contributed by atoms with E-state index in [9.17, 15) is 0 Å². The maximum atomic E-state index is 5.81. The molecular formula is C14H17N5. The molecule has 2 heterocycles. The predicted molar refractivity (Wildman–Crippen MR) is 74.9 cm³/mol. The molecule has 0 spiro atoms. The van der Waals surface area contributed by atoms with E-state index < -0.39 is 0 Å². The Hall–Kier alpha value is -2.17. The number of nitrogens with zero attached hydrogens (tertiary/aromatic N) is 3. The summed E-state index contributed by atoms with van der Waals surface area (Å²) in [6.07, 6.45) is 6.91. The molecule has 1 fully saturated rings. The lowest BCUT2D eigenvalue weighted by Crippen LogP contribution is -2.09. The van der Waals surface area contributed by atoms with Gasteiger partial charge in [0, 0.05) is 30.9 Å². The minimum Gasteiger partial charge on any atom is -0.384 e. The number of pyridine rings is 1. The molecule has 3 rings (SSSR count). The number of rotatable bonds is 5. The molecule has 5 heteroatoms. The van der Waals surface area contributed by atoms with E-state index in [0.717, 1.165) is 24.6 Å². The summed E-state index contributed by atoms with van der Waals surface area (Å²) < 4.78 is 0. The van der Waals surface area contributed by atoms with Crippen molar-refractivity contribution in [2.45, 2.75) is 25.2 Å². The van der Waals surface area contributed by atoms with Crippen molar-refractivity contribution in [3.63, 3.8) is 0 Å². The van der Waals surface area contributed by atoms with Gasteiger partial charge in [0.15, 0.2) is 0 Å². The molecule has 19 heavy (non-hydrogen) atoms. The Morgan fingerprint density at radius 3 is 2.74 bits per heavy atom. The molecule has 0 saturated heterocycles. The lowest BCUT2D eigenvalue weighted by molar-refractivity contribution is 0.919. The Morgan fingerprint density at radius 2 is 2.00 bits per heavy atom. The van der Waals surface area contributed by atoms with E-state index in [1.165, 1.54) is 18.4 Å². The van der Waals surface area contributed by atoms with Crippen molar-refractivity contribution in [2.75, 3.05) is 17.6 Å². The van der Waals surface area contributed by atoms with Crippen molar-refractivity contribution < 1.29 is 0 Å². The number of anilines is 2. The number of aromatic nitrogens is 3. The molecule has 2 aromatic heterocycles. The van der Waals surface area contributed by atoms with Crippen LogP contribution in [0.3, 0.4) is 0 Å². The molecule has 0 unspecified atom stereocenters. The van der Waals surface area contributed by atoms with Crippen molar-refractivity contribution in [2.24, 2.45) is 0 Å². The average Bonchev–Trinajstić information content (AvgIpc) is 3.24. The van der Waals surface area contributed by atoms with Gasteiger partial charge in [-0.15, -0.1) is 0 Å². The quantitative estimate of drug-likeness (QED) is 0.854. The molecule has 0 bridgehead atoms. The minimum atomic E-state index is 0.518. The van der Waals surface area contributed by atoms with Crippen molar-refractivity contribution in [1.82, 2.24) is 15.0 Å². The van der Waals surface area contributed by atoms with Gasteiger partial charge in [-0.2, -0.15) is 0 Å². The van der Waals surface area contributed by atoms with Crippen LogP contribution in [0, 0.1) is 0 Å². The van der Waals surface area contributed by atoms with Gasteiger partial charge in [0.2, 0.25) is 0 Å². The smallest absolute Gasteiger partial charge is 0.136 e. The highest BCUT2D eigenvalue weighted by Crippen LogP contribution is 2.38. The fourth-order valence-corrected chi connectivity index (χ4v) is 1.98. The molecule has 0 aromatic carbocycles. The third-order valence-electron chi connectivity index (χ3n) is 3.17. The highest BCUT2D eigenvalue weighted by Gasteiger charge is 2.27. The lowest BCUT2D eigenvalue weighted by Gasteiger charge is -2.08. The third kappa shape index (κ3) is 3.19. The van der Waals surface area contributed by atoms with E-state index >= 15 is 0 Å². The fraction of sp³-hybridized carbons (Fsp3) is 0.357. The van der Waals surface area contributed by atoms with Crippen molar-refractivity contribution in [1.29, 1.82) is 0 Å². The summed E-state index contributed by atoms with van der Waals surface area (Å²) in [7, 11) is 0. The first-order chi connectivity index (χ1) is 9.31. The Kier molecular flexibility index (Phi) is 3.27. The summed E-state index contributed by atoms with van der Waals surface area (Å²) in [6, 6.07) is 5.83. The first-order valence-electron chi connectivity index (χ1n) is 6.58. The summed E-state index contributed by atoms with van der Waals surface area (Å²) in [5, 5.41) is 3.31. The molecule has 0 atom stereocenters. The summed E-state index contributed by atoms with van der Waals surface area (Å²) in [6.45, 7) is 0.824. The van der Waals surface area contributed by atoms with Gasteiger partial charge < -0.3 is 11.1 Å². The number of nitrogens with two attached hydrogens (primary N) is 1. The number of hydrogen-bond donors (Lipinski definition) is 2. The van der Waals surface area contributed by atoms with Gasteiger partial charge >= 0.3 is 0 Å². The molecule has 3 N–H and O–H groups in total. The van der Waals surface area contributed by atoms with Crippen LogP contribution in [0.4, 0.5) is 11.6 Å². The van der Waals surface area contributed by atoms with E-state index in [1.807, 2.05) is 24.5 Å². The Labute approximate surface area is 112 Å². The van der Waals surface area contributed by atoms with Crippen molar-refractivity contribution >= 4 is 11.6 Å². The topological polar surface area (TPSA) is 76.7 Å². The fourth-order valence-electron chi connectivity index (χ4n) is 1.98. The molecule has 0 amide bonds. The van der Waals surface area contributed by atoms with Crippen LogP contribution in [-0.4, -0.2) is 21.5 Å². The van der Waals surface area contributed by atoms with Gasteiger partial charge in [-0.1, -0.05) is 0 Å². The standard InChI is InChI=1S/C14H17N5/c15-12-9-13(19-14(18-12)11-1-2-11)17-8-5-10-3-6-16-7-4-10/h3-4,6-7,9,11H,1-2,5,8H2,(H3,15,17,18,19). The Bertz CT molecular complexity index is 551. The van der Waals surface area contributed by atoms with Gasteiger partial charge in [0.05, 0.1) is 0 Å². The molecule has 0 radical (unpaired) electrons. The van der Waals surface area contributed by atoms with Crippen LogP contribution < -0.4 is 11.1 Å². The minimum absolute atomic E-state index is 0.518. The molecule has 98 valence electrons.